The van der Waals surface area contributed by atoms with Crippen LogP contribution in [0.4, 0.5) is 0 Å². The molecule has 0 spiro atoms. The number of amides is 2. The fraction of sp³-hybridized carbons (Fsp3) is 0.882. The van der Waals surface area contributed by atoms with Gasteiger partial charge in [0.2, 0.25) is 0 Å². The van der Waals surface area contributed by atoms with Gasteiger partial charge in [0.05, 0.1) is 6.61 Å². The van der Waals surface area contributed by atoms with Gasteiger partial charge in [-0.2, -0.15) is 0 Å². The number of hydrogen-bond acceptors (Lipinski definition) is 4. The van der Waals surface area contributed by atoms with Crippen LogP contribution in [0.25, 0.3) is 0 Å². The zero-order valence-electron chi connectivity index (χ0n) is 14.3. The van der Waals surface area contributed by atoms with Gasteiger partial charge < -0.3 is 20.3 Å². The van der Waals surface area contributed by atoms with E-state index in [0.717, 1.165) is 64.8 Å². The van der Waals surface area contributed by atoms with E-state index in [4.69, 9.17) is 4.74 Å². The molecule has 23 heavy (non-hydrogen) atoms. The second-order valence-electron chi connectivity index (χ2n) is 6.80. The van der Waals surface area contributed by atoms with Gasteiger partial charge in [-0.25, -0.2) is 0 Å². The number of methoxy groups -OCH3 is 1. The molecule has 2 fully saturated rings. The minimum atomic E-state index is -0.475. The van der Waals surface area contributed by atoms with Crippen molar-refractivity contribution in [1.29, 1.82) is 0 Å². The summed E-state index contributed by atoms with van der Waals surface area (Å²) < 4.78 is 5.10. The Balaban J connectivity index is 1.59. The molecular weight excluding hydrogens is 294 g/mol. The molecule has 1 aliphatic carbocycles. The van der Waals surface area contributed by atoms with E-state index in [-0.39, 0.29) is 6.04 Å². The number of piperidine rings is 1. The predicted octanol–water partition coefficient (Wildman–Crippen LogP) is 0.910. The SMILES string of the molecule is COCCN1CCC(CNC(=O)C(=O)NC2CCCCC2)CC1. The molecule has 6 heteroatoms. The van der Waals surface area contributed by atoms with E-state index in [1.54, 1.807) is 7.11 Å². The van der Waals surface area contributed by atoms with Gasteiger partial charge in [0.1, 0.15) is 0 Å². The van der Waals surface area contributed by atoms with Crippen molar-refractivity contribution < 1.29 is 14.3 Å². The first-order valence-corrected chi connectivity index (χ1v) is 8.99. The second kappa shape index (κ2) is 9.88. The van der Waals surface area contributed by atoms with Crippen LogP contribution in [-0.2, 0) is 14.3 Å². The van der Waals surface area contributed by atoms with Crippen molar-refractivity contribution in [2.45, 2.75) is 51.0 Å². The van der Waals surface area contributed by atoms with Crippen LogP contribution in [0, 0.1) is 5.92 Å². The van der Waals surface area contributed by atoms with Crippen molar-refractivity contribution in [1.82, 2.24) is 15.5 Å². The van der Waals surface area contributed by atoms with Crippen molar-refractivity contribution in [3.05, 3.63) is 0 Å². The van der Waals surface area contributed by atoms with Gasteiger partial charge in [0.25, 0.3) is 0 Å². The normalized spacial score (nSPS) is 21.1. The minimum Gasteiger partial charge on any atom is -0.383 e. The van der Waals surface area contributed by atoms with E-state index in [2.05, 4.69) is 15.5 Å². The van der Waals surface area contributed by atoms with Crippen LogP contribution in [0.2, 0.25) is 0 Å². The Morgan fingerprint density at radius 3 is 2.39 bits per heavy atom. The Morgan fingerprint density at radius 2 is 1.74 bits per heavy atom. The molecule has 132 valence electrons. The van der Waals surface area contributed by atoms with Crippen LogP contribution in [0.15, 0.2) is 0 Å². The Kier molecular flexibility index (Phi) is 7.82. The molecular formula is C17H31N3O3. The van der Waals surface area contributed by atoms with Gasteiger partial charge in [-0.3, -0.25) is 9.59 Å². The number of rotatable bonds is 6. The van der Waals surface area contributed by atoms with Gasteiger partial charge in [-0.05, 0) is 44.7 Å². The van der Waals surface area contributed by atoms with Gasteiger partial charge >= 0.3 is 11.8 Å². The van der Waals surface area contributed by atoms with Crippen LogP contribution >= 0.6 is 0 Å². The van der Waals surface area contributed by atoms with E-state index in [0.29, 0.717) is 12.5 Å². The van der Waals surface area contributed by atoms with Crippen molar-refractivity contribution in [2.24, 2.45) is 5.92 Å². The largest absolute Gasteiger partial charge is 0.383 e. The second-order valence-corrected chi connectivity index (χ2v) is 6.80. The minimum absolute atomic E-state index is 0.186. The molecule has 0 aromatic carbocycles. The highest BCUT2D eigenvalue weighted by atomic mass is 16.5. The third kappa shape index (κ3) is 6.47. The summed E-state index contributed by atoms with van der Waals surface area (Å²) in [7, 11) is 1.72. The Labute approximate surface area is 139 Å². The number of ether oxygens (including phenoxy) is 1. The van der Waals surface area contributed by atoms with Gasteiger partial charge in [-0.1, -0.05) is 19.3 Å². The fourth-order valence-corrected chi connectivity index (χ4v) is 3.45. The summed E-state index contributed by atoms with van der Waals surface area (Å²) in [4.78, 5) is 26.2. The molecule has 1 saturated heterocycles. The zero-order valence-corrected chi connectivity index (χ0v) is 14.3. The van der Waals surface area contributed by atoms with Crippen LogP contribution in [0.3, 0.4) is 0 Å². The van der Waals surface area contributed by atoms with Crippen LogP contribution in [-0.4, -0.2) is 62.7 Å². The zero-order chi connectivity index (χ0) is 16.5. The lowest BCUT2D eigenvalue weighted by molar-refractivity contribution is -0.139. The predicted molar refractivity (Wildman–Crippen MR) is 89.1 cm³/mol. The molecule has 1 heterocycles. The van der Waals surface area contributed by atoms with E-state index in [9.17, 15) is 9.59 Å². The topological polar surface area (TPSA) is 70.7 Å². The van der Waals surface area contributed by atoms with E-state index in [1.165, 1.54) is 6.42 Å². The maximum atomic E-state index is 11.9. The molecule has 0 aromatic rings. The van der Waals surface area contributed by atoms with E-state index in [1.807, 2.05) is 0 Å². The number of nitrogens with zero attached hydrogens (tertiary/aromatic N) is 1. The molecule has 2 amide bonds. The Morgan fingerprint density at radius 1 is 1.04 bits per heavy atom. The molecule has 2 rings (SSSR count). The first kappa shape index (κ1) is 18.2. The lowest BCUT2D eigenvalue weighted by Crippen LogP contribution is -2.47. The molecule has 0 unspecified atom stereocenters. The number of carbonyl (C=O) groups excluding carboxylic acids is 2. The third-order valence-corrected chi connectivity index (χ3v) is 5.02. The first-order valence-electron chi connectivity index (χ1n) is 8.99. The number of hydrogen-bond donors (Lipinski definition) is 2. The summed E-state index contributed by atoms with van der Waals surface area (Å²) in [5.74, 6) is -0.466. The third-order valence-electron chi connectivity index (χ3n) is 5.02. The summed E-state index contributed by atoms with van der Waals surface area (Å²) in [6.45, 7) is 4.42. The molecule has 0 atom stereocenters. The number of carbonyl (C=O) groups is 2. The van der Waals surface area contributed by atoms with Crippen molar-refractivity contribution in [3.8, 4) is 0 Å². The highest BCUT2D eigenvalue weighted by Crippen LogP contribution is 2.17. The summed E-state index contributed by atoms with van der Waals surface area (Å²) in [6.07, 6.45) is 7.66. The van der Waals surface area contributed by atoms with Crippen molar-refractivity contribution >= 4 is 11.8 Å². The standard InChI is InChI=1S/C17H31N3O3/c1-23-12-11-20-9-7-14(8-10-20)13-18-16(21)17(22)19-15-5-3-2-4-6-15/h14-15H,2-13H2,1H3,(H,18,21)(H,19,22). The summed E-state index contributed by atoms with van der Waals surface area (Å²) in [6, 6.07) is 0.186. The molecule has 2 aliphatic rings. The molecule has 0 bridgehead atoms. The van der Waals surface area contributed by atoms with Crippen molar-refractivity contribution in [2.75, 3.05) is 39.9 Å². The smallest absolute Gasteiger partial charge is 0.309 e. The molecule has 0 radical (unpaired) electrons. The van der Waals surface area contributed by atoms with E-state index >= 15 is 0 Å². The Hall–Kier alpha value is -1.14. The average Bonchev–Trinajstić information content (AvgIpc) is 2.59. The quantitative estimate of drug-likeness (QED) is 0.712. The maximum absolute atomic E-state index is 11.9. The highest BCUT2D eigenvalue weighted by Gasteiger charge is 2.23. The van der Waals surface area contributed by atoms with Gasteiger partial charge in [0, 0.05) is 26.2 Å². The molecule has 6 nitrogen and oxygen atoms in total. The monoisotopic (exact) mass is 325 g/mol. The molecule has 0 aromatic heterocycles. The van der Waals surface area contributed by atoms with E-state index < -0.39 is 11.8 Å². The van der Waals surface area contributed by atoms with Gasteiger partial charge in [0.15, 0.2) is 0 Å². The van der Waals surface area contributed by atoms with Crippen LogP contribution in [0.5, 0.6) is 0 Å². The van der Waals surface area contributed by atoms with Gasteiger partial charge in [-0.15, -0.1) is 0 Å². The summed E-state index contributed by atoms with van der Waals surface area (Å²) >= 11 is 0. The maximum Gasteiger partial charge on any atom is 0.309 e. The van der Waals surface area contributed by atoms with Crippen LogP contribution < -0.4 is 10.6 Å². The molecule has 1 saturated carbocycles. The Bertz CT molecular complexity index is 375. The average molecular weight is 325 g/mol. The number of likely N-dealkylation sites (tertiary alicyclic amines) is 1. The lowest BCUT2D eigenvalue weighted by Gasteiger charge is -2.31. The first-order chi connectivity index (χ1) is 11.2. The summed E-state index contributed by atoms with van der Waals surface area (Å²) in [5, 5.41) is 5.67. The van der Waals surface area contributed by atoms with Crippen molar-refractivity contribution in [3.63, 3.8) is 0 Å². The fourth-order valence-electron chi connectivity index (χ4n) is 3.45. The summed E-state index contributed by atoms with van der Waals surface area (Å²) in [5.41, 5.74) is 0. The van der Waals surface area contributed by atoms with Crippen LogP contribution in [0.1, 0.15) is 44.9 Å². The lowest BCUT2D eigenvalue weighted by atomic mass is 9.95. The molecule has 2 N–H and O–H groups in total. The molecule has 1 aliphatic heterocycles. The number of nitrogens with one attached hydrogen (secondary N) is 2. The highest BCUT2D eigenvalue weighted by molar-refractivity contribution is 6.35.